The molecule has 17 heavy (non-hydrogen) atoms. The molecule has 1 fully saturated rings. The van der Waals surface area contributed by atoms with Crippen molar-refractivity contribution >= 4 is 11.5 Å². The van der Waals surface area contributed by atoms with Crippen LogP contribution in [0, 0.1) is 0 Å². The maximum atomic E-state index is 11.4. The van der Waals surface area contributed by atoms with E-state index in [9.17, 15) is 4.79 Å². The van der Waals surface area contributed by atoms with Crippen LogP contribution in [0.2, 0.25) is 0 Å². The van der Waals surface area contributed by atoms with Crippen molar-refractivity contribution in [2.24, 2.45) is 0 Å². The summed E-state index contributed by atoms with van der Waals surface area (Å²) < 4.78 is 0. The Balaban J connectivity index is 2.22. The van der Waals surface area contributed by atoms with E-state index in [0.717, 1.165) is 30.9 Å². The van der Waals surface area contributed by atoms with Crippen LogP contribution >= 0.6 is 0 Å². The average Bonchev–Trinajstić information content (AvgIpc) is 2.28. The Bertz CT molecular complexity index is 426. The highest BCUT2D eigenvalue weighted by Gasteiger charge is 2.25. The number of nitrogens with one attached hydrogen (secondary N) is 1. The molecule has 0 spiro atoms. The molecule has 1 N–H and O–H groups in total. The number of benzene rings is 1. The number of hydrogen-bond acceptors (Lipinski definition) is 3. The molecule has 92 valence electrons. The standard InChI is InChI=1S/C14H20N2O/c1-11(17)12-5-4-6-13(9-12)16-8-7-15-14(2,3)10-16/h4-6,9,15H,7-8,10H2,1-3H3. The second-order valence-electron chi connectivity index (χ2n) is 5.34. The summed E-state index contributed by atoms with van der Waals surface area (Å²) in [5, 5.41) is 3.49. The fourth-order valence-corrected chi connectivity index (χ4v) is 2.28. The number of anilines is 1. The lowest BCUT2D eigenvalue weighted by atomic mass is 10.0. The molecule has 1 saturated heterocycles. The van der Waals surface area contributed by atoms with E-state index in [-0.39, 0.29) is 11.3 Å². The highest BCUT2D eigenvalue weighted by atomic mass is 16.1. The molecule has 1 aromatic rings. The van der Waals surface area contributed by atoms with Crippen molar-refractivity contribution in [3.05, 3.63) is 29.8 Å². The first-order chi connectivity index (χ1) is 7.98. The molecule has 0 atom stereocenters. The number of ketones is 1. The summed E-state index contributed by atoms with van der Waals surface area (Å²) in [6.07, 6.45) is 0. The highest BCUT2D eigenvalue weighted by Crippen LogP contribution is 2.21. The van der Waals surface area contributed by atoms with E-state index in [1.807, 2.05) is 18.2 Å². The smallest absolute Gasteiger partial charge is 0.159 e. The Hall–Kier alpha value is -1.35. The van der Waals surface area contributed by atoms with Crippen molar-refractivity contribution in [2.45, 2.75) is 26.3 Å². The van der Waals surface area contributed by atoms with Gasteiger partial charge in [-0.2, -0.15) is 0 Å². The van der Waals surface area contributed by atoms with Crippen molar-refractivity contribution in [2.75, 3.05) is 24.5 Å². The first-order valence-corrected chi connectivity index (χ1v) is 6.09. The van der Waals surface area contributed by atoms with Gasteiger partial charge in [-0.1, -0.05) is 12.1 Å². The van der Waals surface area contributed by atoms with Crippen LogP contribution in [0.15, 0.2) is 24.3 Å². The van der Waals surface area contributed by atoms with Crippen molar-refractivity contribution < 1.29 is 4.79 Å². The van der Waals surface area contributed by atoms with Crippen molar-refractivity contribution in [1.29, 1.82) is 0 Å². The van der Waals surface area contributed by atoms with Crippen LogP contribution < -0.4 is 10.2 Å². The first-order valence-electron chi connectivity index (χ1n) is 6.09. The molecule has 1 aliphatic heterocycles. The van der Waals surface area contributed by atoms with E-state index in [1.165, 1.54) is 0 Å². The molecule has 1 aromatic carbocycles. The van der Waals surface area contributed by atoms with E-state index in [1.54, 1.807) is 6.92 Å². The molecular formula is C14H20N2O. The maximum absolute atomic E-state index is 11.4. The summed E-state index contributed by atoms with van der Waals surface area (Å²) in [6.45, 7) is 8.96. The minimum atomic E-state index is 0.126. The van der Waals surface area contributed by atoms with Crippen LogP contribution in [0.25, 0.3) is 0 Å². The summed E-state index contributed by atoms with van der Waals surface area (Å²) >= 11 is 0. The zero-order chi connectivity index (χ0) is 12.5. The Labute approximate surface area is 103 Å². The summed E-state index contributed by atoms with van der Waals surface area (Å²) in [7, 11) is 0. The van der Waals surface area contributed by atoms with Gasteiger partial charge in [-0.15, -0.1) is 0 Å². The van der Waals surface area contributed by atoms with Crippen molar-refractivity contribution in [3.63, 3.8) is 0 Å². The number of hydrogen-bond donors (Lipinski definition) is 1. The van der Waals surface area contributed by atoms with Gasteiger partial charge >= 0.3 is 0 Å². The number of piperazine rings is 1. The second kappa shape index (κ2) is 4.49. The minimum absolute atomic E-state index is 0.126. The first kappa shape index (κ1) is 12.1. The van der Waals surface area contributed by atoms with Crippen LogP contribution in [-0.2, 0) is 0 Å². The topological polar surface area (TPSA) is 32.3 Å². The molecule has 2 rings (SSSR count). The van der Waals surface area contributed by atoms with Crippen LogP contribution in [0.4, 0.5) is 5.69 Å². The molecule has 0 amide bonds. The molecular weight excluding hydrogens is 212 g/mol. The van der Waals surface area contributed by atoms with E-state index < -0.39 is 0 Å². The van der Waals surface area contributed by atoms with E-state index in [2.05, 4.69) is 30.1 Å². The monoisotopic (exact) mass is 232 g/mol. The number of carbonyl (C=O) groups excluding carboxylic acids is 1. The molecule has 0 radical (unpaired) electrons. The number of nitrogens with zero attached hydrogens (tertiary/aromatic N) is 1. The molecule has 1 heterocycles. The number of rotatable bonds is 2. The second-order valence-corrected chi connectivity index (χ2v) is 5.34. The summed E-state index contributed by atoms with van der Waals surface area (Å²) in [5.41, 5.74) is 2.07. The van der Waals surface area contributed by atoms with Crippen LogP contribution in [-0.4, -0.2) is 31.0 Å². The zero-order valence-corrected chi connectivity index (χ0v) is 10.8. The zero-order valence-electron chi connectivity index (χ0n) is 10.8. The van der Waals surface area contributed by atoms with Crippen molar-refractivity contribution in [3.8, 4) is 0 Å². The molecule has 0 unspecified atom stereocenters. The van der Waals surface area contributed by atoms with Gasteiger partial charge in [0.05, 0.1) is 0 Å². The third-order valence-electron chi connectivity index (χ3n) is 3.19. The van der Waals surface area contributed by atoms with Crippen molar-refractivity contribution in [1.82, 2.24) is 5.32 Å². The quantitative estimate of drug-likeness (QED) is 0.792. The van der Waals surface area contributed by atoms with E-state index >= 15 is 0 Å². The van der Waals surface area contributed by atoms with E-state index in [0.29, 0.717) is 0 Å². The lowest BCUT2D eigenvalue weighted by Gasteiger charge is -2.40. The predicted molar refractivity (Wildman–Crippen MR) is 70.7 cm³/mol. The van der Waals surface area contributed by atoms with Gasteiger partial charge in [0.15, 0.2) is 5.78 Å². The van der Waals surface area contributed by atoms with Gasteiger partial charge in [0.2, 0.25) is 0 Å². The normalized spacial score (nSPS) is 19.1. The Kier molecular flexibility index (Phi) is 3.20. The van der Waals surface area contributed by atoms with E-state index in [4.69, 9.17) is 0 Å². The Morgan fingerprint density at radius 2 is 2.18 bits per heavy atom. The minimum Gasteiger partial charge on any atom is -0.368 e. The van der Waals surface area contributed by atoms with Gasteiger partial charge in [-0.05, 0) is 32.9 Å². The Morgan fingerprint density at radius 1 is 1.41 bits per heavy atom. The molecule has 0 aliphatic carbocycles. The summed E-state index contributed by atoms with van der Waals surface area (Å²) in [5.74, 6) is 0.126. The lowest BCUT2D eigenvalue weighted by molar-refractivity contribution is 0.101. The third-order valence-corrected chi connectivity index (χ3v) is 3.19. The maximum Gasteiger partial charge on any atom is 0.159 e. The van der Waals surface area contributed by atoms with Gasteiger partial charge in [-0.3, -0.25) is 4.79 Å². The summed E-state index contributed by atoms with van der Waals surface area (Å²) in [4.78, 5) is 13.7. The fraction of sp³-hybridized carbons (Fsp3) is 0.500. The van der Waals surface area contributed by atoms with Crippen LogP contribution in [0.1, 0.15) is 31.1 Å². The van der Waals surface area contributed by atoms with Gasteiger partial charge in [0.1, 0.15) is 0 Å². The van der Waals surface area contributed by atoms with Gasteiger partial charge in [0.25, 0.3) is 0 Å². The molecule has 0 aromatic heterocycles. The number of carbonyl (C=O) groups is 1. The van der Waals surface area contributed by atoms with Crippen LogP contribution in [0.3, 0.4) is 0 Å². The molecule has 3 heteroatoms. The molecule has 0 bridgehead atoms. The SMILES string of the molecule is CC(=O)c1cccc(N2CCNC(C)(C)C2)c1. The third kappa shape index (κ3) is 2.86. The molecule has 1 aliphatic rings. The summed E-state index contributed by atoms with van der Waals surface area (Å²) in [6, 6.07) is 7.90. The van der Waals surface area contributed by atoms with Gasteiger partial charge in [-0.25, -0.2) is 0 Å². The molecule has 3 nitrogen and oxygen atoms in total. The van der Waals surface area contributed by atoms with Gasteiger partial charge < -0.3 is 10.2 Å². The fourth-order valence-electron chi connectivity index (χ4n) is 2.28. The largest absolute Gasteiger partial charge is 0.368 e. The molecule has 0 saturated carbocycles. The van der Waals surface area contributed by atoms with Crippen LogP contribution in [0.5, 0.6) is 0 Å². The average molecular weight is 232 g/mol. The Morgan fingerprint density at radius 3 is 2.82 bits per heavy atom. The predicted octanol–water partition coefficient (Wildman–Crippen LogP) is 2.08. The lowest BCUT2D eigenvalue weighted by Crippen LogP contribution is -2.57. The highest BCUT2D eigenvalue weighted by molar-refractivity contribution is 5.95. The number of Topliss-reactive ketones (excluding diaryl/α,β-unsaturated/α-hetero) is 1. The van der Waals surface area contributed by atoms with Gasteiger partial charge in [0, 0.05) is 36.4 Å².